The number of hydrogen-bond donors (Lipinski definition) is 0. The predicted molar refractivity (Wildman–Crippen MR) is 51.6 cm³/mol. The largest absolute Gasteiger partial charge is 0.302 e. The third kappa shape index (κ3) is 3.17. The molecule has 0 aromatic heterocycles. The summed E-state index contributed by atoms with van der Waals surface area (Å²) in [7, 11) is 4.04. The van der Waals surface area contributed by atoms with Crippen molar-refractivity contribution in [2.75, 3.05) is 31.1 Å². The average molecular weight is 177 g/mol. The van der Waals surface area contributed by atoms with Crippen molar-refractivity contribution in [3.63, 3.8) is 0 Å². The van der Waals surface area contributed by atoms with Gasteiger partial charge in [0.25, 0.3) is 0 Å². The van der Waals surface area contributed by atoms with Crippen LogP contribution >= 0.6 is 21.6 Å². The highest BCUT2D eigenvalue weighted by atomic mass is 33.1. The summed E-state index contributed by atoms with van der Waals surface area (Å²) in [5.41, 5.74) is 0. The molecule has 0 N–H and O–H groups in total. The fourth-order valence-corrected chi connectivity index (χ4v) is 3.16. The lowest BCUT2D eigenvalue weighted by atomic mass is 10.4. The van der Waals surface area contributed by atoms with E-state index in [2.05, 4.69) is 11.8 Å². The minimum Gasteiger partial charge on any atom is -0.302 e. The zero-order valence-electron chi connectivity index (χ0n) is 6.51. The van der Waals surface area contributed by atoms with Gasteiger partial charge in [0.15, 0.2) is 0 Å². The Morgan fingerprint density at radius 2 is 1.80 bits per heavy atom. The molecule has 0 unspecified atom stereocenters. The third-order valence-electron chi connectivity index (χ3n) is 1.60. The van der Waals surface area contributed by atoms with Crippen molar-refractivity contribution < 1.29 is 0 Å². The first kappa shape index (κ1) is 8.75. The molecule has 1 aliphatic rings. The van der Waals surface area contributed by atoms with Crippen LogP contribution in [0.15, 0.2) is 0 Å². The second kappa shape index (κ2) is 5.33. The van der Waals surface area contributed by atoms with Gasteiger partial charge in [-0.15, -0.1) is 0 Å². The molecule has 1 nitrogen and oxygen atoms in total. The molecule has 10 heavy (non-hydrogen) atoms. The van der Waals surface area contributed by atoms with Gasteiger partial charge in [-0.1, -0.05) is 28.5 Å². The Morgan fingerprint density at radius 3 is 2.30 bits per heavy atom. The van der Waals surface area contributed by atoms with E-state index in [1.807, 2.05) is 21.6 Å². The third-order valence-corrected chi connectivity index (χ3v) is 3.97. The molecule has 0 atom stereocenters. The fraction of sp³-hybridized carbons (Fsp3) is 1.00. The van der Waals surface area contributed by atoms with Gasteiger partial charge in [-0.2, -0.15) is 0 Å². The molecule has 0 aliphatic carbocycles. The number of nitrogens with zero attached hydrogens (tertiary/aromatic N) is 1. The van der Waals surface area contributed by atoms with Crippen molar-refractivity contribution >= 4 is 21.6 Å². The van der Waals surface area contributed by atoms with Gasteiger partial charge in [-0.25, -0.2) is 0 Å². The lowest BCUT2D eigenvalue weighted by molar-refractivity contribution is 0.311. The highest BCUT2D eigenvalue weighted by molar-refractivity contribution is 8.76. The van der Waals surface area contributed by atoms with Crippen molar-refractivity contribution in [2.24, 2.45) is 0 Å². The molecule has 0 aromatic carbocycles. The Labute approximate surface area is 71.3 Å². The standard InChI is InChI=1S/C7H15NS2/c1-2-3-8-4-6-9-10-7-5-8/h2-7H2,1H3. The second-order valence-corrected chi connectivity index (χ2v) is 5.19. The maximum absolute atomic E-state index is 2.56. The van der Waals surface area contributed by atoms with Crippen molar-refractivity contribution in [3.05, 3.63) is 0 Å². The summed E-state index contributed by atoms with van der Waals surface area (Å²) in [6, 6.07) is 0. The first-order valence-corrected chi connectivity index (χ1v) is 6.39. The Kier molecular flexibility index (Phi) is 4.66. The molecule has 0 spiro atoms. The zero-order valence-corrected chi connectivity index (χ0v) is 8.14. The van der Waals surface area contributed by atoms with Gasteiger partial charge in [0, 0.05) is 24.6 Å². The smallest absolute Gasteiger partial charge is 0.0165 e. The summed E-state index contributed by atoms with van der Waals surface area (Å²) in [4.78, 5) is 2.56. The van der Waals surface area contributed by atoms with Gasteiger partial charge < -0.3 is 4.90 Å². The highest BCUT2D eigenvalue weighted by Gasteiger charge is 2.06. The Balaban J connectivity index is 2.15. The van der Waals surface area contributed by atoms with E-state index >= 15 is 0 Å². The molecule has 3 heteroatoms. The van der Waals surface area contributed by atoms with Crippen molar-refractivity contribution in [2.45, 2.75) is 13.3 Å². The minimum absolute atomic E-state index is 1.29. The monoisotopic (exact) mass is 177 g/mol. The molecule has 1 fully saturated rings. The summed E-state index contributed by atoms with van der Waals surface area (Å²) < 4.78 is 0. The topological polar surface area (TPSA) is 3.24 Å². The van der Waals surface area contributed by atoms with E-state index in [1.54, 1.807) is 0 Å². The van der Waals surface area contributed by atoms with Gasteiger partial charge in [-0.05, 0) is 13.0 Å². The predicted octanol–water partition coefficient (Wildman–Crippen LogP) is 2.09. The van der Waals surface area contributed by atoms with Crippen LogP contribution in [-0.2, 0) is 0 Å². The van der Waals surface area contributed by atoms with Gasteiger partial charge in [0.05, 0.1) is 0 Å². The molecule has 1 rings (SSSR count). The Morgan fingerprint density at radius 1 is 1.20 bits per heavy atom. The fourth-order valence-electron chi connectivity index (χ4n) is 1.10. The lowest BCUT2D eigenvalue weighted by Gasteiger charge is -2.17. The molecule has 0 amide bonds. The summed E-state index contributed by atoms with van der Waals surface area (Å²) in [5.74, 6) is 2.62. The van der Waals surface area contributed by atoms with Crippen LogP contribution in [0.4, 0.5) is 0 Å². The van der Waals surface area contributed by atoms with Gasteiger partial charge in [-0.3, -0.25) is 0 Å². The van der Waals surface area contributed by atoms with E-state index in [1.165, 1.54) is 37.6 Å². The minimum atomic E-state index is 1.29. The molecule has 0 aromatic rings. The van der Waals surface area contributed by atoms with Gasteiger partial charge >= 0.3 is 0 Å². The summed E-state index contributed by atoms with van der Waals surface area (Å²) in [6.45, 7) is 6.14. The average Bonchev–Trinajstić information content (AvgIpc) is 2.17. The Bertz CT molecular complexity index is 79.7. The summed E-state index contributed by atoms with van der Waals surface area (Å²) >= 11 is 0. The summed E-state index contributed by atoms with van der Waals surface area (Å²) in [5, 5.41) is 0. The Hall–Kier alpha value is 0.660. The van der Waals surface area contributed by atoms with E-state index in [0.29, 0.717) is 0 Å². The van der Waals surface area contributed by atoms with Crippen molar-refractivity contribution in [1.82, 2.24) is 4.90 Å². The maximum Gasteiger partial charge on any atom is 0.0165 e. The van der Waals surface area contributed by atoms with E-state index in [0.717, 1.165) is 0 Å². The van der Waals surface area contributed by atoms with Crippen LogP contribution in [-0.4, -0.2) is 36.0 Å². The van der Waals surface area contributed by atoms with Crippen LogP contribution in [0.5, 0.6) is 0 Å². The van der Waals surface area contributed by atoms with Crippen LogP contribution < -0.4 is 0 Å². The first-order chi connectivity index (χ1) is 4.93. The normalized spacial score (nSPS) is 22.5. The van der Waals surface area contributed by atoms with E-state index in [-0.39, 0.29) is 0 Å². The van der Waals surface area contributed by atoms with Crippen LogP contribution in [0.25, 0.3) is 0 Å². The molecule has 1 saturated heterocycles. The van der Waals surface area contributed by atoms with Crippen molar-refractivity contribution in [1.29, 1.82) is 0 Å². The maximum atomic E-state index is 2.56. The highest BCUT2D eigenvalue weighted by Crippen LogP contribution is 2.23. The van der Waals surface area contributed by atoms with Crippen LogP contribution in [0, 0.1) is 0 Å². The van der Waals surface area contributed by atoms with Gasteiger partial charge in [0.2, 0.25) is 0 Å². The summed E-state index contributed by atoms with van der Waals surface area (Å²) in [6.07, 6.45) is 1.30. The van der Waals surface area contributed by atoms with Crippen LogP contribution in [0.1, 0.15) is 13.3 Å². The van der Waals surface area contributed by atoms with Crippen LogP contribution in [0.3, 0.4) is 0 Å². The van der Waals surface area contributed by atoms with E-state index in [9.17, 15) is 0 Å². The first-order valence-electron chi connectivity index (χ1n) is 3.90. The van der Waals surface area contributed by atoms with E-state index in [4.69, 9.17) is 0 Å². The molecular formula is C7H15NS2. The van der Waals surface area contributed by atoms with E-state index < -0.39 is 0 Å². The quantitative estimate of drug-likeness (QED) is 0.595. The van der Waals surface area contributed by atoms with Gasteiger partial charge in [0.1, 0.15) is 0 Å². The van der Waals surface area contributed by atoms with Crippen molar-refractivity contribution in [3.8, 4) is 0 Å². The molecular weight excluding hydrogens is 162 g/mol. The molecule has 0 radical (unpaired) electrons. The molecule has 0 bridgehead atoms. The SMILES string of the molecule is CCCN1CCSSCC1. The molecule has 1 aliphatic heterocycles. The molecule has 1 heterocycles. The zero-order chi connectivity index (χ0) is 7.23. The number of rotatable bonds is 2. The lowest BCUT2D eigenvalue weighted by Crippen LogP contribution is -2.27. The molecule has 0 saturated carbocycles. The number of hydrogen-bond acceptors (Lipinski definition) is 3. The second-order valence-electron chi connectivity index (χ2n) is 2.49. The van der Waals surface area contributed by atoms with Crippen LogP contribution in [0.2, 0.25) is 0 Å². The molecule has 60 valence electrons.